The van der Waals surface area contributed by atoms with E-state index in [0.717, 1.165) is 16.5 Å². The molecule has 0 aliphatic carbocycles. The van der Waals surface area contributed by atoms with E-state index in [0.29, 0.717) is 6.42 Å². The number of ether oxygens (including phenoxy) is 1. The highest BCUT2D eigenvalue weighted by atomic mass is 16.6. The number of fused-ring (bicyclic) bond motifs is 1. The van der Waals surface area contributed by atoms with E-state index in [2.05, 4.69) is 20.9 Å². The molecule has 3 atom stereocenters. The maximum Gasteiger partial charge on any atom is 0.408 e. The van der Waals surface area contributed by atoms with Gasteiger partial charge in [-0.05, 0) is 50.7 Å². The summed E-state index contributed by atoms with van der Waals surface area (Å²) in [6.45, 7) is 12.6. The highest BCUT2D eigenvalue weighted by molar-refractivity contribution is 5.94. The number of hydrogen-bond donors (Lipinski definition) is 5. The molecule has 0 spiro atoms. The lowest BCUT2D eigenvalue weighted by atomic mass is 9.99. The molecule has 0 aliphatic heterocycles. The van der Waals surface area contributed by atoms with Crippen LogP contribution in [0.25, 0.3) is 10.9 Å². The topological polar surface area (TPSA) is 155 Å². The van der Waals surface area contributed by atoms with Gasteiger partial charge >= 0.3 is 6.09 Å². The van der Waals surface area contributed by atoms with Gasteiger partial charge in [0.15, 0.2) is 0 Å². The standard InChI is InChI=1S/C27H41N5O5/c1-15(2)12-20(23(28)33)30-25(35)22(16(3)4)32-24(34)21(31-26(36)37-27(5,6)7)13-17-14-29-19-11-9-8-10-18(17)19/h8-11,14-16,20-22,29H,12-13H2,1-7H3,(H2,28,33)(H,30,35)(H,31,36)(H,32,34)/t20-,21-,22+/m0/s1. The minimum Gasteiger partial charge on any atom is -0.444 e. The molecule has 2 rings (SSSR count). The number of hydrogen-bond acceptors (Lipinski definition) is 5. The average molecular weight is 516 g/mol. The minimum atomic E-state index is -1.02. The van der Waals surface area contributed by atoms with Crippen molar-refractivity contribution in [3.05, 3.63) is 36.0 Å². The third kappa shape index (κ3) is 9.11. The fourth-order valence-corrected chi connectivity index (χ4v) is 3.95. The number of nitrogens with one attached hydrogen (secondary N) is 4. The van der Waals surface area contributed by atoms with E-state index in [1.165, 1.54) is 0 Å². The van der Waals surface area contributed by atoms with E-state index in [-0.39, 0.29) is 18.3 Å². The second-order valence-electron chi connectivity index (χ2n) is 11.1. The molecule has 10 heteroatoms. The van der Waals surface area contributed by atoms with Crippen molar-refractivity contribution in [3.8, 4) is 0 Å². The zero-order valence-electron chi connectivity index (χ0n) is 22.8. The van der Waals surface area contributed by atoms with Crippen molar-refractivity contribution >= 4 is 34.7 Å². The molecule has 2 aromatic rings. The van der Waals surface area contributed by atoms with E-state index in [1.807, 2.05) is 38.1 Å². The molecular weight excluding hydrogens is 474 g/mol. The predicted molar refractivity (Wildman–Crippen MR) is 143 cm³/mol. The Kier molecular flexibility index (Phi) is 10.1. The molecule has 1 aromatic carbocycles. The lowest BCUT2D eigenvalue weighted by molar-refractivity contribution is -0.133. The second-order valence-corrected chi connectivity index (χ2v) is 11.1. The largest absolute Gasteiger partial charge is 0.444 e. The van der Waals surface area contributed by atoms with Crippen molar-refractivity contribution in [2.24, 2.45) is 17.6 Å². The number of carbonyl (C=O) groups excluding carboxylic acids is 4. The number of aromatic nitrogens is 1. The maximum absolute atomic E-state index is 13.5. The van der Waals surface area contributed by atoms with Crippen LogP contribution in [-0.4, -0.2) is 52.5 Å². The molecule has 1 aromatic heterocycles. The smallest absolute Gasteiger partial charge is 0.408 e. The van der Waals surface area contributed by atoms with Crippen molar-refractivity contribution in [2.45, 2.75) is 85.0 Å². The van der Waals surface area contributed by atoms with E-state index in [4.69, 9.17) is 10.5 Å². The van der Waals surface area contributed by atoms with Gasteiger partial charge in [0.2, 0.25) is 17.7 Å². The first-order valence-electron chi connectivity index (χ1n) is 12.6. The Balaban J connectivity index is 2.27. The highest BCUT2D eigenvalue weighted by Gasteiger charge is 2.32. The third-order valence-electron chi connectivity index (χ3n) is 5.72. The van der Waals surface area contributed by atoms with Crippen LogP contribution in [0.4, 0.5) is 4.79 Å². The summed E-state index contributed by atoms with van der Waals surface area (Å²) < 4.78 is 5.37. The number of amides is 4. The number of rotatable bonds is 11. The van der Waals surface area contributed by atoms with Gasteiger partial charge in [-0.3, -0.25) is 14.4 Å². The Morgan fingerprint density at radius 2 is 1.59 bits per heavy atom. The van der Waals surface area contributed by atoms with Crippen LogP contribution >= 0.6 is 0 Å². The first-order valence-corrected chi connectivity index (χ1v) is 12.6. The van der Waals surface area contributed by atoms with Crippen LogP contribution in [0.1, 0.15) is 60.5 Å². The normalized spacial score (nSPS) is 14.2. The SMILES string of the molecule is CC(C)C[C@H](NC(=O)[C@H](NC(=O)[C@H](Cc1c[nH]c2ccccc12)NC(=O)OC(C)(C)C)C(C)C)C(N)=O. The van der Waals surface area contributed by atoms with Crippen LogP contribution in [0.2, 0.25) is 0 Å². The Labute approximate surface area is 218 Å². The molecule has 0 aliphatic rings. The molecule has 0 saturated carbocycles. The van der Waals surface area contributed by atoms with Crippen LogP contribution < -0.4 is 21.7 Å². The molecule has 6 N–H and O–H groups in total. The van der Waals surface area contributed by atoms with E-state index in [1.54, 1.807) is 40.8 Å². The fraction of sp³-hybridized carbons (Fsp3) is 0.556. The van der Waals surface area contributed by atoms with Gasteiger partial charge < -0.3 is 31.4 Å². The number of aromatic amines is 1. The average Bonchev–Trinajstić information content (AvgIpc) is 3.17. The van der Waals surface area contributed by atoms with Gasteiger partial charge in [0, 0.05) is 23.5 Å². The highest BCUT2D eigenvalue weighted by Crippen LogP contribution is 2.20. The van der Waals surface area contributed by atoms with Crippen molar-refractivity contribution in [1.29, 1.82) is 0 Å². The van der Waals surface area contributed by atoms with Crippen LogP contribution in [-0.2, 0) is 25.5 Å². The monoisotopic (exact) mass is 515 g/mol. The molecule has 0 saturated heterocycles. The summed E-state index contributed by atoms with van der Waals surface area (Å²) in [6.07, 6.45) is 1.59. The zero-order chi connectivity index (χ0) is 27.9. The summed E-state index contributed by atoms with van der Waals surface area (Å²) in [4.78, 5) is 54.2. The summed E-state index contributed by atoms with van der Waals surface area (Å²) in [5.74, 6) is -1.88. The molecule has 0 unspecified atom stereocenters. The van der Waals surface area contributed by atoms with Crippen LogP contribution in [0.3, 0.4) is 0 Å². The van der Waals surface area contributed by atoms with Gasteiger partial charge in [-0.15, -0.1) is 0 Å². The molecule has 204 valence electrons. The molecule has 4 amide bonds. The van der Waals surface area contributed by atoms with Crippen LogP contribution in [0.15, 0.2) is 30.5 Å². The number of primary amides is 1. The molecule has 0 fully saturated rings. The van der Waals surface area contributed by atoms with Crippen molar-refractivity contribution in [2.75, 3.05) is 0 Å². The summed E-state index contributed by atoms with van der Waals surface area (Å²) in [7, 11) is 0. The molecule has 1 heterocycles. The van der Waals surface area contributed by atoms with Gasteiger partial charge in [-0.2, -0.15) is 0 Å². The zero-order valence-corrected chi connectivity index (χ0v) is 22.8. The lowest BCUT2D eigenvalue weighted by Crippen LogP contribution is -2.58. The maximum atomic E-state index is 13.5. The first-order chi connectivity index (χ1) is 17.2. The number of benzene rings is 1. The van der Waals surface area contributed by atoms with Gasteiger partial charge in [0.05, 0.1) is 0 Å². The molecular formula is C27H41N5O5. The molecule has 0 radical (unpaired) electrons. The van der Waals surface area contributed by atoms with Crippen molar-refractivity contribution < 1.29 is 23.9 Å². The summed E-state index contributed by atoms with van der Waals surface area (Å²) in [5.41, 5.74) is 6.44. The number of H-pyrrole nitrogens is 1. The minimum absolute atomic E-state index is 0.128. The van der Waals surface area contributed by atoms with E-state index < -0.39 is 47.5 Å². The number of para-hydroxylation sites is 1. The van der Waals surface area contributed by atoms with Crippen molar-refractivity contribution in [1.82, 2.24) is 20.9 Å². The predicted octanol–water partition coefficient (Wildman–Crippen LogP) is 2.76. The number of alkyl carbamates (subject to hydrolysis) is 1. The Morgan fingerprint density at radius 3 is 2.16 bits per heavy atom. The molecule has 10 nitrogen and oxygen atoms in total. The van der Waals surface area contributed by atoms with Crippen LogP contribution in [0, 0.1) is 11.8 Å². The van der Waals surface area contributed by atoms with E-state index >= 15 is 0 Å². The Hall–Kier alpha value is -3.56. The van der Waals surface area contributed by atoms with Gasteiger partial charge in [0.25, 0.3) is 0 Å². The van der Waals surface area contributed by atoms with Crippen LogP contribution in [0.5, 0.6) is 0 Å². The Morgan fingerprint density at radius 1 is 0.946 bits per heavy atom. The van der Waals surface area contributed by atoms with Gasteiger partial charge in [-0.1, -0.05) is 45.9 Å². The number of nitrogens with two attached hydrogens (primary N) is 1. The molecule has 0 bridgehead atoms. The van der Waals surface area contributed by atoms with Crippen molar-refractivity contribution in [3.63, 3.8) is 0 Å². The number of carbonyl (C=O) groups is 4. The third-order valence-corrected chi connectivity index (χ3v) is 5.72. The second kappa shape index (κ2) is 12.6. The molecule has 37 heavy (non-hydrogen) atoms. The summed E-state index contributed by atoms with van der Waals surface area (Å²) in [5, 5.41) is 9.00. The summed E-state index contributed by atoms with van der Waals surface area (Å²) >= 11 is 0. The first kappa shape index (κ1) is 29.7. The fourth-order valence-electron chi connectivity index (χ4n) is 3.95. The Bertz CT molecular complexity index is 1100. The quantitative estimate of drug-likeness (QED) is 0.311. The lowest BCUT2D eigenvalue weighted by Gasteiger charge is -2.28. The van der Waals surface area contributed by atoms with Gasteiger partial charge in [-0.25, -0.2) is 4.79 Å². The summed E-state index contributed by atoms with van der Waals surface area (Å²) in [6, 6.07) is 4.80. The van der Waals surface area contributed by atoms with Gasteiger partial charge in [0.1, 0.15) is 23.7 Å². The van der Waals surface area contributed by atoms with E-state index in [9.17, 15) is 19.2 Å².